The standard InChI is InChI=1S/C18H17F2N3O3S/c1-26-15-8-6-14(7-9-15)23-17(10-16(22-23)18(19)20)13-4-2-12(3-5-13)11-27(21,24)25/h2-10,18H,11H2,1H3,(H2,21,24,25). The summed E-state index contributed by atoms with van der Waals surface area (Å²) in [5, 5.41) is 9.05. The second-order valence-electron chi connectivity index (χ2n) is 5.87. The second kappa shape index (κ2) is 7.45. The topological polar surface area (TPSA) is 87.2 Å². The van der Waals surface area contributed by atoms with Gasteiger partial charge < -0.3 is 4.74 Å². The summed E-state index contributed by atoms with van der Waals surface area (Å²) in [6.07, 6.45) is -2.72. The zero-order chi connectivity index (χ0) is 19.6. The summed E-state index contributed by atoms with van der Waals surface area (Å²) in [6.45, 7) is 0. The van der Waals surface area contributed by atoms with E-state index in [2.05, 4.69) is 5.10 Å². The number of halogens is 2. The Morgan fingerprint density at radius 1 is 1.11 bits per heavy atom. The molecule has 0 aliphatic rings. The number of sulfonamides is 1. The molecule has 0 saturated carbocycles. The zero-order valence-corrected chi connectivity index (χ0v) is 15.2. The molecule has 0 unspecified atom stereocenters. The highest BCUT2D eigenvalue weighted by atomic mass is 32.2. The summed E-state index contributed by atoms with van der Waals surface area (Å²) >= 11 is 0. The number of nitrogens with two attached hydrogens (primary N) is 1. The molecule has 0 fully saturated rings. The van der Waals surface area contributed by atoms with Gasteiger partial charge in [-0.3, -0.25) is 0 Å². The fourth-order valence-electron chi connectivity index (χ4n) is 2.64. The Hall–Kier alpha value is -2.78. The Kier molecular flexibility index (Phi) is 5.24. The number of primary sulfonamides is 1. The van der Waals surface area contributed by atoms with Crippen LogP contribution in [0, 0.1) is 0 Å². The maximum Gasteiger partial charge on any atom is 0.282 e. The second-order valence-corrected chi connectivity index (χ2v) is 7.48. The molecule has 3 rings (SSSR count). The zero-order valence-electron chi connectivity index (χ0n) is 14.3. The lowest BCUT2D eigenvalue weighted by Gasteiger charge is -2.09. The molecule has 3 aromatic rings. The van der Waals surface area contributed by atoms with Crippen molar-refractivity contribution in [3.05, 3.63) is 65.9 Å². The number of ether oxygens (including phenoxy) is 1. The van der Waals surface area contributed by atoms with Crippen molar-refractivity contribution >= 4 is 10.0 Å². The molecule has 0 atom stereocenters. The molecule has 1 aromatic heterocycles. The van der Waals surface area contributed by atoms with Gasteiger partial charge in [-0.05, 0) is 35.9 Å². The number of nitrogens with zero attached hydrogens (tertiary/aromatic N) is 2. The van der Waals surface area contributed by atoms with E-state index in [1.807, 2.05) is 0 Å². The summed E-state index contributed by atoms with van der Waals surface area (Å²) in [5.74, 6) is 0.335. The number of rotatable bonds is 6. The third-order valence-corrected chi connectivity index (χ3v) is 4.62. The average molecular weight is 393 g/mol. The van der Waals surface area contributed by atoms with Gasteiger partial charge in [0.15, 0.2) is 0 Å². The van der Waals surface area contributed by atoms with E-state index >= 15 is 0 Å². The Morgan fingerprint density at radius 3 is 2.26 bits per heavy atom. The molecule has 0 amide bonds. The molecular formula is C18H17F2N3O3S. The van der Waals surface area contributed by atoms with Gasteiger partial charge >= 0.3 is 0 Å². The van der Waals surface area contributed by atoms with Crippen LogP contribution >= 0.6 is 0 Å². The van der Waals surface area contributed by atoms with E-state index in [1.54, 1.807) is 48.5 Å². The molecule has 2 N–H and O–H groups in total. The summed E-state index contributed by atoms with van der Waals surface area (Å²) < 4.78 is 55.3. The van der Waals surface area contributed by atoms with Gasteiger partial charge in [0.05, 0.1) is 24.2 Å². The molecule has 0 radical (unpaired) electrons. The highest BCUT2D eigenvalue weighted by Gasteiger charge is 2.18. The molecule has 0 spiro atoms. The van der Waals surface area contributed by atoms with Gasteiger partial charge in [-0.25, -0.2) is 27.0 Å². The van der Waals surface area contributed by atoms with Crippen molar-refractivity contribution in [2.24, 2.45) is 5.14 Å². The van der Waals surface area contributed by atoms with Crippen LogP contribution in [-0.2, 0) is 15.8 Å². The van der Waals surface area contributed by atoms with Crippen LogP contribution in [0.1, 0.15) is 17.7 Å². The lowest BCUT2D eigenvalue weighted by atomic mass is 10.1. The predicted molar refractivity (Wildman–Crippen MR) is 97.3 cm³/mol. The quantitative estimate of drug-likeness (QED) is 0.696. The first kappa shape index (κ1) is 19.0. The molecule has 142 valence electrons. The van der Waals surface area contributed by atoms with Crippen molar-refractivity contribution in [2.45, 2.75) is 12.2 Å². The summed E-state index contributed by atoms with van der Waals surface area (Å²) in [7, 11) is -2.11. The summed E-state index contributed by atoms with van der Waals surface area (Å²) in [5.41, 5.74) is 1.81. The smallest absolute Gasteiger partial charge is 0.282 e. The number of hydrogen-bond donors (Lipinski definition) is 1. The minimum Gasteiger partial charge on any atom is -0.497 e. The molecular weight excluding hydrogens is 376 g/mol. The van der Waals surface area contributed by atoms with Crippen LogP contribution in [0.15, 0.2) is 54.6 Å². The molecule has 0 bridgehead atoms. The van der Waals surface area contributed by atoms with Crippen LogP contribution in [-0.4, -0.2) is 25.3 Å². The Labute approximate surface area is 155 Å². The monoisotopic (exact) mass is 393 g/mol. The molecule has 0 saturated heterocycles. The van der Waals surface area contributed by atoms with Gasteiger partial charge in [0, 0.05) is 5.56 Å². The van der Waals surface area contributed by atoms with Crippen molar-refractivity contribution < 1.29 is 21.9 Å². The highest BCUT2D eigenvalue weighted by Crippen LogP contribution is 2.29. The molecule has 6 nitrogen and oxygen atoms in total. The van der Waals surface area contributed by atoms with E-state index in [1.165, 1.54) is 17.9 Å². The van der Waals surface area contributed by atoms with Gasteiger partial charge in [-0.15, -0.1) is 0 Å². The predicted octanol–water partition coefficient (Wildman–Crippen LogP) is 3.27. The van der Waals surface area contributed by atoms with Crippen molar-refractivity contribution in [1.29, 1.82) is 0 Å². The third-order valence-electron chi connectivity index (χ3n) is 3.89. The minimum absolute atomic E-state index is 0.298. The molecule has 2 aromatic carbocycles. The van der Waals surface area contributed by atoms with E-state index in [4.69, 9.17) is 9.88 Å². The van der Waals surface area contributed by atoms with Gasteiger partial charge in [-0.2, -0.15) is 5.10 Å². The number of benzene rings is 2. The van der Waals surface area contributed by atoms with Crippen molar-refractivity contribution in [1.82, 2.24) is 9.78 Å². The van der Waals surface area contributed by atoms with Gasteiger partial charge in [0.2, 0.25) is 10.0 Å². The molecule has 9 heteroatoms. The van der Waals surface area contributed by atoms with E-state index in [9.17, 15) is 17.2 Å². The first-order valence-electron chi connectivity index (χ1n) is 7.89. The van der Waals surface area contributed by atoms with E-state index in [0.29, 0.717) is 28.3 Å². The van der Waals surface area contributed by atoms with Gasteiger partial charge in [0.1, 0.15) is 11.4 Å². The molecule has 0 aliphatic carbocycles. The third kappa shape index (κ3) is 4.50. The van der Waals surface area contributed by atoms with E-state index < -0.39 is 16.4 Å². The number of hydrogen-bond acceptors (Lipinski definition) is 4. The normalized spacial score (nSPS) is 11.7. The van der Waals surface area contributed by atoms with E-state index in [0.717, 1.165) is 0 Å². The number of alkyl halides is 2. The lowest BCUT2D eigenvalue weighted by Crippen LogP contribution is -2.14. The molecule has 27 heavy (non-hydrogen) atoms. The van der Waals surface area contributed by atoms with Gasteiger partial charge in [0.25, 0.3) is 6.43 Å². The maximum atomic E-state index is 13.2. The van der Waals surface area contributed by atoms with Gasteiger partial charge in [-0.1, -0.05) is 24.3 Å². The Bertz CT molecular complexity index is 1030. The Morgan fingerprint density at radius 2 is 1.74 bits per heavy atom. The van der Waals surface area contributed by atoms with Crippen LogP contribution in [0.25, 0.3) is 16.9 Å². The van der Waals surface area contributed by atoms with Crippen molar-refractivity contribution in [3.8, 4) is 22.7 Å². The maximum absolute atomic E-state index is 13.2. The van der Waals surface area contributed by atoms with Crippen LogP contribution in [0.4, 0.5) is 8.78 Å². The van der Waals surface area contributed by atoms with Crippen molar-refractivity contribution in [3.63, 3.8) is 0 Å². The average Bonchev–Trinajstić information content (AvgIpc) is 3.07. The highest BCUT2D eigenvalue weighted by molar-refractivity contribution is 7.88. The van der Waals surface area contributed by atoms with Crippen LogP contribution in [0.3, 0.4) is 0 Å². The first-order chi connectivity index (χ1) is 12.8. The number of aromatic nitrogens is 2. The first-order valence-corrected chi connectivity index (χ1v) is 9.61. The molecule has 1 heterocycles. The Balaban J connectivity index is 2.03. The van der Waals surface area contributed by atoms with Crippen LogP contribution in [0.5, 0.6) is 5.75 Å². The van der Waals surface area contributed by atoms with E-state index in [-0.39, 0.29) is 11.4 Å². The SMILES string of the molecule is COc1ccc(-n2nc(C(F)F)cc2-c2ccc(CS(N)(=O)=O)cc2)cc1. The summed E-state index contributed by atoms with van der Waals surface area (Å²) in [6, 6.07) is 14.6. The minimum atomic E-state index is -3.65. The lowest BCUT2D eigenvalue weighted by molar-refractivity contribution is 0.145. The summed E-state index contributed by atoms with van der Waals surface area (Å²) in [4.78, 5) is 0. The van der Waals surface area contributed by atoms with Crippen LogP contribution in [0.2, 0.25) is 0 Å². The van der Waals surface area contributed by atoms with Crippen molar-refractivity contribution in [2.75, 3.05) is 7.11 Å². The number of methoxy groups -OCH3 is 1. The van der Waals surface area contributed by atoms with Crippen LogP contribution < -0.4 is 9.88 Å². The fourth-order valence-corrected chi connectivity index (χ4v) is 3.29. The fraction of sp³-hybridized carbons (Fsp3) is 0.167. The largest absolute Gasteiger partial charge is 0.497 e. The molecule has 0 aliphatic heterocycles.